The number of nitrogens with one attached hydrogen (secondary N) is 2. The topological polar surface area (TPSA) is 110 Å². The molecule has 1 aromatic carbocycles. The summed E-state index contributed by atoms with van der Waals surface area (Å²) in [6, 6.07) is 7.47. The van der Waals surface area contributed by atoms with E-state index in [9.17, 15) is 9.59 Å². The first-order valence-corrected chi connectivity index (χ1v) is 9.25. The van der Waals surface area contributed by atoms with Crippen LogP contribution in [0.3, 0.4) is 0 Å². The number of carbonyl (C=O) groups excluding carboxylic acids is 2. The highest BCUT2D eigenvalue weighted by atomic mass is 32.1. The van der Waals surface area contributed by atoms with Gasteiger partial charge in [-0.05, 0) is 37.1 Å². The Morgan fingerprint density at radius 2 is 2.15 bits per heavy atom. The van der Waals surface area contributed by atoms with Gasteiger partial charge in [-0.25, -0.2) is 4.98 Å². The molecule has 4 N–H and O–H groups in total. The van der Waals surface area contributed by atoms with E-state index < -0.39 is 5.91 Å². The molecule has 2 heterocycles. The van der Waals surface area contributed by atoms with Crippen molar-refractivity contribution >= 4 is 28.3 Å². The second-order valence-electron chi connectivity index (χ2n) is 6.05. The van der Waals surface area contributed by atoms with Crippen LogP contribution in [0.1, 0.15) is 28.0 Å². The van der Waals surface area contributed by atoms with Crippen LogP contribution in [0.5, 0.6) is 5.75 Å². The van der Waals surface area contributed by atoms with Gasteiger partial charge in [-0.3, -0.25) is 9.59 Å². The molecule has 0 radical (unpaired) electrons. The monoisotopic (exact) mass is 384 g/mol. The zero-order valence-corrected chi connectivity index (χ0v) is 15.9. The third-order valence-electron chi connectivity index (χ3n) is 4.14. The minimum Gasteiger partial charge on any atom is -0.493 e. The lowest BCUT2D eigenvalue weighted by molar-refractivity contribution is -0.116. The van der Waals surface area contributed by atoms with Crippen molar-refractivity contribution in [3.05, 3.63) is 52.7 Å². The molecule has 0 aliphatic heterocycles. The Kier molecular flexibility index (Phi) is 5.56. The van der Waals surface area contributed by atoms with Crippen molar-refractivity contribution < 1.29 is 14.3 Å². The van der Waals surface area contributed by atoms with E-state index in [1.165, 1.54) is 11.3 Å². The number of hydrogen-bond acceptors (Lipinski definition) is 5. The molecule has 0 aliphatic carbocycles. The van der Waals surface area contributed by atoms with E-state index in [2.05, 4.69) is 15.3 Å². The van der Waals surface area contributed by atoms with Crippen LogP contribution in [0.15, 0.2) is 35.8 Å². The molecule has 0 saturated carbocycles. The summed E-state index contributed by atoms with van der Waals surface area (Å²) in [4.78, 5) is 30.4. The Labute approximate surface area is 160 Å². The van der Waals surface area contributed by atoms with E-state index in [0.717, 1.165) is 22.4 Å². The van der Waals surface area contributed by atoms with Crippen LogP contribution < -0.4 is 15.8 Å². The average Bonchev–Trinajstić information content (AvgIpc) is 3.28. The summed E-state index contributed by atoms with van der Waals surface area (Å²) in [7, 11) is 0. The molecule has 0 bridgehead atoms. The predicted molar refractivity (Wildman–Crippen MR) is 105 cm³/mol. The summed E-state index contributed by atoms with van der Waals surface area (Å²) in [6.07, 6.45) is 1.87. The summed E-state index contributed by atoms with van der Waals surface area (Å²) in [5.74, 6) is 0.0824. The first-order chi connectivity index (χ1) is 12.9. The van der Waals surface area contributed by atoms with E-state index in [4.69, 9.17) is 10.5 Å². The lowest BCUT2D eigenvalue weighted by Crippen LogP contribution is -2.15. The normalized spacial score (nSPS) is 10.6. The lowest BCUT2D eigenvalue weighted by Gasteiger charge is -2.10. The standard InChI is InChI=1S/C19H20N4O3S/c1-11-4-3-5-16(12(11)2)26-7-6-17(24)23-19-22-15(10-27-19)13-8-14(18(20)25)21-9-13/h3-5,8-10,21H,6-7H2,1-2H3,(H2,20,25)(H,22,23,24). The Bertz CT molecular complexity index is 977. The maximum Gasteiger partial charge on any atom is 0.265 e. The number of primary amides is 1. The molecule has 0 fully saturated rings. The Hall–Kier alpha value is -3.13. The number of thiazole rings is 1. The summed E-state index contributed by atoms with van der Waals surface area (Å²) < 4.78 is 5.70. The summed E-state index contributed by atoms with van der Waals surface area (Å²) in [5.41, 5.74) is 9.15. The molecule has 140 valence electrons. The van der Waals surface area contributed by atoms with Gasteiger partial charge in [0, 0.05) is 17.1 Å². The average molecular weight is 384 g/mol. The number of hydrogen-bond donors (Lipinski definition) is 3. The van der Waals surface area contributed by atoms with Gasteiger partial charge in [-0.1, -0.05) is 12.1 Å². The van der Waals surface area contributed by atoms with Crippen LogP contribution >= 0.6 is 11.3 Å². The SMILES string of the molecule is Cc1cccc(OCCC(=O)Nc2nc(-c3c[nH]c(C(N)=O)c3)cs2)c1C. The molecule has 0 aliphatic rings. The van der Waals surface area contributed by atoms with Gasteiger partial charge in [-0.2, -0.15) is 0 Å². The van der Waals surface area contributed by atoms with E-state index in [1.54, 1.807) is 17.6 Å². The van der Waals surface area contributed by atoms with Crippen molar-refractivity contribution in [2.45, 2.75) is 20.3 Å². The van der Waals surface area contributed by atoms with Crippen molar-refractivity contribution in [2.24, 2.45) is 5.73 Å². The number of nitrogens with zero attached hydrogens (tertiary/aromatic N) is 1. The van der Waals surface area contributed by atoms with Crippen LogP contribution in [-0.4, -0.2) is 28.4 Å². The fourth-order valence-corrected chi connectivity index (χ4v) is 3.20. The number of ether oxygens (including phenoxy) is 1. The third-order valence-corrected chi connectivity index (χ3v) is 4.89. The molecule has 8 heteroatoms. The van der Waals surface area contributed by atoms with Crippen LogP contribution in [0.4, 0.5) is 5.13 Å². The molecule has 3 rings (SSSR count). The molecule has 0 atom stereocenters. The highest BCUT2D eigenvalue weighted by Gasteiger charge is 2.11. The Morgan fingerprint density at radius 3 is 2.89 bits per heavy atom. The molecule has 2 amide bonds. The fourth-order valence-electron chi connectivity index (χ4n) is 2.46. The van der Waals surface area contributed by atoms with Crippen molar-refractivity contribution in [1.82, 2.24) is 9.97 Å². The summed E-state index contributed by atoms with van der Waals surface area (Å²) in [5, 5.41) is 5.05. The number of aromatic amines is 1. The molecular formula is C19H20N4O3S. The number of rotatable bonds is 7. The minimum atomic E-state index is -0.533. The van der Waals surface area contributed by atoms with Crippen LogP contribution in [-0.2, 0) is 4.79 Å². The second-order valence-corrected chi connectivity index (χ2v) is 6.91. The smallest absolute Gasteiger partial charge is 0.265 e. The number of H-pyrrole nitrogens is 1. The zero-order chi connectivity index (χ0) is 19.4. The largest absolute Gasteiger partial charge is 0.493 e. The number of aryl methyl sites for hydroxylation is 1. The van der Waals surface area contributed by atoms with Crippen LogP contribution in [0.2, 0.25) is 0 Å². The van der Waals surface area contributed by atoms with E-state index in [-0.39, 0.29) is 18.9 Å². The first-order valence-electron chi connectivity index (χ1n) is 8.37. The number of anilines is 1. The number of nitrogens with two attached hydrogens (primary N) is 1. The third kappa shape index (κ3) is 4.53. The molecule has 0 unspecified atom stereocenters. The van der Waals surface area contributed by atoms with Gasteiger partial charge >= 0.3 is 0 Å². The first kappa shape index (κ1) is 18.7. The second kappa shape index (κ2) is 8.05. The van der Waals surface area contributed by atoms with Gasteiger partial charge in [0.25, 0.3) is 5.91 Å². The molecule has 0 saturated heterocycles. The number of amides is 2. The van der Waals surface area contributed by atoms with E-state index in [1.807, 2.05) is 32.0 Å². The summed E-state index contributed by atoms with van der Waals surface area (Å²) in [6.45, 7) is 4.30. The maximum absolute atomic E-state index is 12.1. The Morgan fingerprint density at radius 1 is 1.33 bits per heavy atom. The quantitative estimate of drug-likeness (QED) is 0.581. The molecule has 3 aromatic rings. The molecule has 0 spiro atoms. The van der Waals surface area contributed by atoms with Crippen molar-refractivity contribution in [1.29, 1.82) is 0 Å². The van der Waals surface area contributed by atoms with E-state index in [0.29, 0.717) is 16.5 Å². The predicted octanol–water partition coefficient (Wildman–Crippen LogP) is 3.26. The fraction of sp³-hybridized carbons (Fsp3) is 0.211. The van der Waals surface area contributed by atoms with Crippen molar-refractivity contribution in [3.63, 3.8) is 0 Å². The number of benzene rings is 1. The van der Waals surface area contributed by atoms with Gasteiger partial charge in [0.15, 0.2) is 5.13 Å². The Balaban J connectivity index is 1.53. The summed E-state index contributed by atoms with van der Waals surface area (Å²) >= 11 is 1.31. The van der Waals surface area contributed by atoms with Crippen molar-refractivity contribution in [3.8, 4) is 17.0 Å². The maximum atomic E-state index is 12.1. The zero-order valence-electron chi connectivity index (χ0n) is 15.0. The molecule has 2 aromatic heterocycles. The van der Waals surface area contributed by atoms with Gasteiger partial charge in [0.05, 0.1) is 18.7 Å². The number of carbonyl (C=O) groups is 2. The highest BCUT2D eigenvalue weighted by molar-refractivity contribution is 7.14. The van der Waals surface area contributed by atoms with Crippen LogP contribution in [0, 0.1) is 13.8 Å². The van der Waals surface area contributed by atoms with Gasteiger partial charge < -0.3 is 20.8 Å². The minimum absolute atomic E-state index is 0.173. The van der Waals surface area contributed by atoms with Crippen LogP contribution in [0.25, 0.3) is 11.3 Å². The lowest BCUT2D eigenvalue weighted by atomic mass is 10.1. The molecule has 27 heavy (non-hydrogen) atoms. The van der Waals surface area contributed by atoms with Gasteiger partial charge in [-0.15, -0.1) is 11.3 Å². The highest BCUT2D eigenvalue weighted by Crippen LogP contribution is 2.25. The molecule has 7 nitrogen and oxygen atoms in total. The van der Waals surface area contributed by atoms with Gasteiger partial charge in [0.1, 0.15) is 11.4 Å². The van der Waals surface area contributed by atoms with E-state index >= 15 is 0 Å². The van der Waals surface area contributed by atoms with Gasteiger partial charge in [0.2, 0.25) is 5.91 Å². The van der Waals surface area contributed by atoms with Crippen molar-refractivity contribution in [2.75, 3.05) is 11.9 Å². The number of aromatic nitrogens is 2. The molecular weight excluding hydrogens is 364 g/mol.